The maximum Gasteiger partial charge on any atom is 0.343 e. The maximum atomic E-state index is 13.0. The number of nitrogens with one attached hydrogen (secondary N) is 1. The molecule has 156 valence electrons. The summed E-state index contributed by atoms with van der Waals surface area (Å²) in [6, 6.07) is 9.03. The van der Waals surface area contributed by atoms with Gasteiger partial charge >= 0.3 is 5.97 Å². The molecule has 1 N–H and O–H groups in total. The van der Waals surface area contributed by atoms with Gasteiger partial charge in [0.1, 0.15) is 5.82 Å². The molecule has 1 aliphatic rings. The third-order valence-corrected chi connectivity index (χ3v) is 5.32. The summed E-state index contributed by atoms with van der Waals surface area (Å²) in [4.78, 5) is 28.3. The number of carbonyl (C=O) groups is 2. The van der Waals surface area contributed by atoms with Crippen LogP contribution in [0, 0.1) is 5.82 Å². The normalized spacial score (nSPS) is 15.9. The molecule has 0 aromatic heterocycles. The first-order chi connectivity index (χ1) is 14.4. The molecule has 0 atom stereocenters. The van der Waals surface area contributed by atoms with Gasteiger partial charge in [-0.2, -0.15) is 0 Å². The van der Waals surface area contributed by atoms with Crippen molar-refractivity contribution in [2.45, 2.75) is 0 Å². The van der Waals surface area contributed by atoms with Crippen LogP contribution in [0.15, 0.2) is 50.8 Å². The van der Waals surface area contributed by atoms with Crippen molar-refractivity contribution in [3.63, 3.8) is 0 Å². The van der Waals surface area contributed by atoms with Gasteiger partial charge in [-0.3, -0.25) is 4.79 Å². The van der Waals surface area contributed by atoms with Crippen molar-refractivity contribution in [2.75, 3.05) is 20.8 Å². The average Bonchev–Trinajstić information content (AvgIpc) is 3.06. The van der Waals surface area contributed by atoms with Gasteiger partial charge in [0.25, 0.3) is 5.91 Å². The van der Waals surface area contributed by atoms with Crippen molar-refractivity contribution in [1.82, 2.24) is 5.32 Å². The number of carbonyl (C=O) groups excluding carboxylic acids is 2. The first-order valence-corrected chi connectivity index (χ1v) is 10.1. The summed E-state index contributed by atoms with van der Waals surface area (Å²) >= 11 is 4.55. The lowest BCUT2D eigenvalue weighted by molar-refractivity contribution is -0.142. The highest BCUT2D eigenvalue weighted by Gasteiger charge is 2.24. The zero-order valence-electron chi connectivity index (χ0n) is 15.9. The van der Waals surface area contributed by atoms with E-state index < -0.39 is 5.97 Å². The average molecular weight is 495 g/mol. The first kappa shape index (κ1) is 21.8. The standard InChI is InChI=1S/C20H16BrFN2O5S/c1-27-15-8-11(7-14(21)18(15)29-10-17(25)28-2)9-16-19(26)24-20(30-16)23-13-5-3-12(22)4-6-13/h3-9H,10H2,1-2H3,(H,23,24,26)/b16-9+. The fourth-order valence-electron chi connectivity index (χ4n) is 2.42. The largest absolute Gasteiger partial charge is 0.493 e. The number of hydrogen-bond donors (Lipinski definition) is 1. The quantitative estimate of drug-likeness (QED) is 0.481. The van der Waals surface area contributed by atoms with E-state index in [0.29, 0.717) is 37.3 Å². The molecule has 2 aromatic rings. The Labute approximate surface area is 184 Å². The lowest BCUT2D eigenvalue weighted by atomic mass is 10.2. The second-order valence-corrected chi connectivity index (χ2v) is 7.74. The Morgan fingerprint density at radius 1 is 1.27 bits per heavy atom. The topological polar surface area (TPSA) is 86.2 Å². The van der Waals surface area contributed by atoms with Gasteiger partial charge in [-0.25, -0.2) is 14.2 Å². The monoisotopic (exact) mass is 494 g/mol. The summed E-state index contributed by atoms with van der Waals surface area (Å²) < 4.78 is 28.9. The number of methoxy groups -OCH3 is 2. The zero-order chi connectivity index (χ0) is 21.7. The highest BCUT2D eigenvalue weighted by atomic mass is 79.9. The molecule has 0 radical (unpaired) electrons. The third-order valence-electron chi connectivity index (χ3n) is 3.82. The predicted octanol–water partition coefficient (Wildman–Crippen LogP) is 4.04. The van der Waals surface area contributed by atoms with Crippen molar-refractivity contribution in [1.29, 1.82) is 0 Å². The van der Waals surface area contributed by atoms with Gasteiger partial charge < -0.3 is 19.5 Å². The molecule has 0 aliphatic carbocycles. The molecule has 30 heavy (non-hydrogen) atoms. The van der Waals surface area contributed by atoms with E-state index in [-0.39, 0.29) is 18.3 Å². The minimum Gasteiger partial charge on any atom is -0.493 e. The third kappa shape index (κ3) is 5.39. The van der Waals surface area contributed by atoms with E-state index in [1.807, 2.05) is 0 Å². The summed E-state index contributed by atoms with van der Waals surface area (Å²) in [7, 11) is 2.74. The molecule has 1 fully saturated rings. The maximum absolute atomic E-state index is 13.0. The Bertz CT molecular complexity index is 1040. The number of amidine groups is 1. The lowest BCUT2D eigenvalue weighted by Gasteiger charge is -2.12. The van der Waals surface area contributed by atoms with E-state index in [9.17, 15) is 14.0 Å². The van der Waals surface area contributed by atoms with Gasteiger partial charge in [-0.05, 0) is 75.7 Å². The number of aliphatic imine (C=N–C) groups is 1. The number of rotatable bonds is 6. The highest BCUT2D eigenvalue weighted by molar-refractivity contribution is 9.10. The van der Waals surface area contributed by atoms with Crippen LogP contribution in [0.4, 0.5) is 10.1 Å². The van der Waals surface area contributed by atoms with Crippen LogP contribution in [0.25, 0.3) is 6.08 Å². The second kappa shape index (κ2) is 9.77. The van der Waals surface area contributed by atoms with Crippen molar-refractivity contribution in [2.24, 2.45) is 4.99 Å². The Kier molecular flexibility index (Phi) is 7.11. The summed E-state index contributed by atoms with van der Waals surface area (Å²) in [5, 5.41) is 3.06. The number of nitrogens with zero attached hydrogens (tertiary/aromatic N) is 1. The van der Waals surface area contributed by atoms with Crippen LogP contribution in [0.1, 0.15) is 5.56 Å². The van der Waals surface area contributed by atoms with E-state index in [1.54, 1.807) is 18.2 Å². The van der Waals surface area contributed by atoms with Gasteiger partial charge in [-0.1, -0.05) is 0 Å². The van der Waals surface area contributed by atoms with Crippen molar-refractivity contribution in [3.8, 4) is 11.5 Å². The van der Waals surface area contributed by atoms with Crippen LogP contribution in [0.5, 0.6) is 11.5 Å². The summed E-state index contributed by atoms with van der Waals surface area (Å²) in [6.07, 6.45) is 1.67. The zero-order valence-corrected chi connectivity index (χ0v) is 18.3. The SMILES string of the molecule is COC(=O)COc1c(Br)cc(/C=C2/SC(=Nc3ccc(F)cc3)NC2=O)cc1OC. The Morgan fingerprint density at radius 3 is 2.67 bits per heavy atom. The number of ether oxygens (including phenoxy) is 3. The highest BCUT2D eigenvalue weighted by Crippen LogP contribution is 2.38. The van der Waals surface area contributed by atoms with Crippen LogP contribution in [-0.2, 0) is 14.3 Å². The molecule has 1 amide bonds. The van der Waals surface area contributed by atoms with Gasteiger partial charge in [-0.15, -0.1) is 0 Å². The fraction of sp³-hybridized carbons (Fsp3) is 0.150. The van der Waals surface area contributed by atoms with E-state index >= 15 is 0 Å². The molecule has 0 saturated carbocycles. The van der Waals surface area contributed by atoms with Crippen LogP contribution in [-0.4, -0.2) is 37.9 Å². The van der Waals surface area contributed by atoms with Gasteiger partial charge in [0.2, 0.25) is 0 Å². The van der Waals surface area contributed by atoms with Crippen LogP contribution in [0.2, 0.25) is 0 Å². The molecule has 1 aliphatic heterocycles. The minimum absolute atomic E-state index is 0.270. The number of esters is 1. The molecule has 1 saturated heterocycles. The number of hydrogen-bond acceptors (Lipinski definition) is 7. The van der Waals surface area contributed by atoms with Gasteiger partial charge in [0.15, 0.2) is 23.3 Å². The Balaban J connectivity index is 1.82. The van der Waals surface area contributed by atoms with Crippen LogP contribution < -0.4 is 14.8 Å². The lowest BCUT2D eigenvalue weighted by Crippen LogP contribution is -2.19. The smallest absolute Gasteiger partial charge is 0.343 e. The summed E-state index contributed by atoms with van der Waals surface area (Å²) in [5.74, 6) is -0.471. The molecule has 2 aromatic carbocycles. The first-order valence-electron chi connectivity index (χ1n) is 8.52. The molecule has 7 nitrogen and oxygen atoms in total. The van der Waals surface area contributed by atoms with Crippen molar-refractivity contribution < 1.29 is 28.2 Å². The van der Waals surface area contributed by atoms with Crippen LogP contribution >= 0.6 is 27.7 Å². The molecular weight excluding hydrogens is 479 g/mol. The summed E-state index contributed by atoms with van der Waals surface area (Å²) in [5.41, 5.74) is 1.20. The Hall–Kier alpha value is -2.85. The van der Waals surface area contributed by atoms with Crippen molar-refractivity contribution >= 4 is 56.5 Å². The van der Waals surface area contributed by atoms with E-state index in [0.717, 1.165) is 11.8 Å². The molecular formula is C20H16BrFN2O5S. The summed E-state index contributed by atoms with van der Waals surface area (Å²) in [6.45, 7) is -0.270. The molecule has 1 heterocycles. The fourth-order valence-corrected chi connectivity index (χ4v) is 3.83. The van der Waals surface area contributed by atoms with Gasteiger partial charge in [0, 0.05) is 0 Å². The predicted molar refractivity (Wildman–Crippen MR) is 115 cm³/mol. The molecule has 0 unspecified atom stereocenters. The Morgan fingerprint density at radius 2 is 2.00 bits per heavy atom. The molecule has 0 spiro atoms. The van der Waals surface area contributed by atoms with Crippen LogP contribution in [0.3, 0.4) is 0 Å². The molecule has 0 bridgehead atoms. The number of amides is 1. The van der Waals surface area contributed by atoms with E-state index in [2.05, 4.69) is 31.0 Å². The number of thioether (sulfide) groups is 1. The minimum atomic E-state index is -0.526. The number of halogens is 2. The molecule has 10 heteroatoms. The van der Waals surface area contributed by atoms with Gasteiger partial charge in [0.05, 0.1) is 29.3 Å². The molecule has 3 rings (SSSR count). The van der Waals surface area contributed by atoms with E-state index in [1.165, 1.54) is 38.5 Å². The second-order valence-electron chi connectivity index (χ2n) is 5.86. The van der Waals surface area contributed by atoms with Crippen molar-refractivity contribution in [3.05, 3.63) is 57.2 Å². The number of benzene rings is 2. The van der Waals surface area contributed by atoms with E-state index in [4.69, 9.17) is 9.47 Å².